The number of guanidine groups is 1. The van der Waals surface area contributed by atoms with Crippen molar-refractivity contribution in [1.29, 1.82) is 0 Å². The summed E-state index contributed by atoms with van der Waals surface area (Å²) in [6.07, 6.45) is 3.29. The molecule has 0 atom stereocenters. The molecule has 0 aliphatic carbocycles. The standard InChI is InChI=1S/C20H35N5S/c1-20(2,26-4)17-23-19(21-3)22-11-8-12-24-13-15-25(16-14-24)18-9-6-5-7-10-18/h5-7,9-10H,8,11-17H2,1-4H3,(H2,21,22,23). The third-order valence-corrected chi connectivity index (χ3v) is 6.14. The van der Waals surface area contributed by atoms with Crippen LogP contribution in [0.15, 0.2) is 35.3 Å². The van der Waals surface area contributed by atoms with Gasteiger partial charge >= 0.3 is 0 Å². The molecule has 1 saturated heterocycles. The molecule has 0 saturated carbocycles. The van der Waals surface area contributed by atoms with Crippen LogP contribution in [0, 0.1) is 0 Å². The van der Waals surface area contributed by atoms with Crippen molar-refractivity contribution in [3.05, 3.63) is 30.3 Å². The number of hydrogen-bond donors (Lipinski definition) is 2. The molecule has 0 spiro atoms. The van der Waals surface area contributed by atoms with E-state index in [9.17, 15) is 0 Å². The molecule has 26 heavy (non-hydrogen) atoms. The summed E-state index contributed by atoms with van der Waals surface area (Å²) >= 11 is 1.87. The van der Waals surface area contributed by atoms with Crippen molar-refractivity contribution in [3.63, 3.8) is 0 Å². The van der Waals surface area contributed by atoms with Crippen molar-refractivity contribution in [2.75, 3.05) is 64.0 Å². The van der Waals surface area contributed by atoms with E-state index in [1.807, 2.05) is 18.8 Å². The molecule has 6 heteroatoms. The van der Waals surface area contributed by atoms with Crippen LogP contribution in [-0.4, -0.2) is 74.7 Å². The first-order valence-corrected chi connectivity index (χ1v) is 10.8. The summed E-state index contributed by atoms with van der Waals surface area (Å²) in [7, 11) is 1.84. The molecule has 1 heterocycles. The van der Waals surface area contributed by atoms with E-state index in [1.54, 1.807) is 0 Å². The zero-order valence-electron chi connectivity index (χ0n) is 16.8. The number of nitrogens with one attached hydrogen (secondary N) is 2. The Morgan fingerprint density at radius 1 is 1.12 bits per heavy atom. The average molecular weight is 378 g/mol. The first-order chi connectivity index (χ1) is 12.5. The quantitative estimate of drug-likeness (QED) is 0.414. The molecule has 2 rings (SSSR count). The third kappa shape index (κ3) is 7.08. The zero-order valence-corrected chi connectivity index (χ0v) is 17.6. The van der Waals surface area contributed by atoms with E-state index in [0.717, 1.165) is 58.2 Å². The molecule has 1 fully saturated rings. The number of rotatable bonds is 8. The summed E-state index contributed by atoms with van der Waals surface area (Å²) in [6, 6.07) is 10.7. The Morgan fingerprint density at radius 3 is 2.42 bits per heavy atom. The Bertz CT molecular complexity index is 538. The molecular formula is C20H35N5S. The lowest BCUT2D eigenvalue weighted by Crippen LogP contribution is -2.47. The number of aliphatic imine (C=N–C) groups is 1. The van der Waals surface area contributed by atoms with Gasteiger partial charge < -0.3 is 15.5 Å². The van der Waals surface area contributed by atoms with Gasteiger partial charge in [-0.3, -0.25) is 9.89 Å². The normalized spacial score (nSPS) is 16.6. The number of anilines is 1. The van der Waals surface area contributed by atoms with Crippen LogP contribution in [0.25, 0.3) is 0 Å². The van der Waals surface area contributed by atoms with Crippen LogP contribution in [0.1, 0.15) is 20.3 Å². The molecule has 1 aromatic carbocycles. The van der Waals surface area contributed by atoms with Gasteiger partial charge in [-0.15, -0.1) is 0 Å². The molecule has 146 valence electrons. The highest BCUT2D eigenvalue weighted by molar-refractivity contribution is 7.99. The van der Waals surface area contributed by atoms with Crippen LogP contribution in [0.4, 0.5) is 5.69 Å². The summed E-state index contributed by atoms with van der Waals surface area (Å²) in [5, 5.41) is 6.85. The number of hydrogen-bond acceptors (Lipinski definition) is 4. The molecule has 2 N–H and O–H groups in total. The Labute approximate surface area is 163 Å². The van der Waals surface area contributed by atoms with Gasteiger partial charge in [0, 0.05) is 56.8 Å². The summed E-state index contributed by atoms with van der Waals surface area (Å²) in [5.74, 6) is 0.904. The molecule has 1 aliphatic rings. The van der Waals surface area contributed by atoms with Gasteiger partial charge in [0.15, 0.2) is 5.96 Å². The Kier molecular flexibility index (Phi) is 8.59. The smallest absolute Gasteiger partial charge is 0.191 e. The third-order valence-electron chi connectivity index (χ3n) is 4.89. The molecule has 0 amide bonds. The van der Waals surface area contributed by atoms with Crippen molar-refractivity contribution < 1.29 is 0 Å². The lowest BCUT2D eigenvalue weighted by atomic mass is 10.2. The van der Waals surface area contributed by atoms with Gasteiger partial charge in [0.25, 0.3) is 0 Å². The van der Waals surface area contributed by atoms with E-state index in [4.69, 9.17) is 0 Å². The topological polar surface area (TPSA) is 42.9 Å². The predicted molar refractivity (Wildman–Crippen MR) is 117 cm³/mol. The van der Waals surface area contributed by atoms with Crippen molar-refractivity contribution in [3.8, 4) is 0 Å². The van der Waals surface area contributed by atoms with Crippen molar-refractivity contribution in [2.24, 2.45) is 4.99 Å². The minimum absolute atomic E-state index is 0.218. The molecular weight excluding hydrogens is 342 g/mol. The largest absolute Gasteiger partial charge is 0.369 e. The number of piperazine rings is 1. The van der Waals surface area contributed by atoms with Crippen molar-refractivity contribution >= 4 is 23.4 Å². The molecule has 0 unspecified atom stereocenters. The van der Waals surface area contributed by atoms with Gasteiger partial charge in [-0.05, 0) is 45.2 Å². The highest BCUT2D eigenvalue weighted by Crippen LogP contribution is 2.19. The van der Waals surface area contributed by atoms with Crippen LogP contribution in [-0.2, 0) is 0 Å². The molecule has 0 aromatic heterocycles. The van der Waals surface area contributed by atoms with Crippen LogP contribution >= 0.6 is 11.8 Å². The van der Waals surface area contributed by atoms with Crippen LogP contribution in [0.5, 0.6) is 0 Å². The zero-order chi connectivity index (χ0) is 18.8. The van der Waals surface area contributed by atoms with Gasteiger partial charge in [0.05, 0.1) is 0 Å². The predicted octanol–water partition coefficient (Wildman–Crippen LogP) is 2.51. The summed E-state index contributed by atoms with van der Waals surface area (Å²) in [5.41, 5.74) is 1.34. The van der Waals surface area contributed by atoms with Gasteiger partial charge in [0.1, 0.15) is 0 Å². The molecule has 1 aliphatic heterocycles. The molecule has 0 bridgehead atoms. The maximum absolute atomic E-state index is 4.32. The minimum Gasteiger partial charge on any atom is -0.369 e. The molecule has 0 radical (unpaired) electrons. The Balaban J connectivity index is 1.60. The van der Waals surface area contributed by atoms with E-state index < -0.39 is 0 Å². The maximum atomic E-state index is 4.32. The summed E-state index contributed by atoms with van der Waals surface area (Å²) < 4.78 is 0.218. The second-order valence-corrected chi connectivity index (χ2v) is 8.85. The van der Waals surface area contributed by atoms with E-state index in [2.05, 4.69) is 75.9 Å². The van der Waals surface area contributed by atoms with Crippen LogP contribution < -0.4 is 15.5 Å². The van der Waals surface area contributed by atoms with Gasteiger partial charge in [-0.2, -0.15) is 11.8 Å². The Morgan fingerprint density at radius 2 is 1.81 bits per heavy atom. The van der Waals surface area contributed by atoms with Gasteiger partial charge in [-0.1, -0.05) is 18.2 Å². The SMILES string of the molecule is CN=C(NCCCN1CCN(c2ccccc2)CC1)NCC(C)(C)SC. The number of para-hydroxylation sites is 1. The number of nitrogens with zero attached hydrogens (tertiary/aromatic N) is 3. The first-order valence-electron chi connectivity index (χ1n) is 9.56. The van der Waals surface area contributed by atoms with Crippen molar-refractivity contribution in [1.82, 2.24) is 15.5 Å². The number of thioether (sulfide) groups is 1. The first kappa shape index (κ1) is 20.9. The fourth-order valence-corrected chi connectivity index (χ4v) is 3.18. The van der Waals surface area contributed by atoms with Gasteiger partial charge in [-0.25, -0.2) is 0 Å². The molecule has 5 nitrogen and oxygen atoms in total. The fourth-order valence-electron chi connectivity index (χ4n) is 2.97. The fraction of sp³-hybridized carbons (Fsp3) is 0.650. The van der Waals surface area contributed by atoms with E-state index in [-0.39, 0.29) is 4.75 Å². The average Bonchev–Trinajstić information content (AvgIpc) is 2.68. The Hall–Kier alpha value is -1.40. The maximum Gasteiger partial charge on any atom is 0.191 e. The van der Waals surface area contributed by atoms with Crippen LogP contribution in [0.2, 0.25) is 0 Å². The minimum atomic E-state index is 0.218. The lowest BCUT2D eigenvalue weighted by Gasteiger charge is -2.36. The number of benzene rings is 1. The van der Waals surface area contributed by atoms with E-state index in [0.29, 0.717) is 0 Å². The van der Waals surface area contributed by atoms with Gasteiger partial charge in [0.2, 0.25) is 0 Å². The monoisotopic (exact) mass is 377 g/mol. The van der Waals surface area contributed by atoms with E-state index in [1.165, 1.54) is 5.69 Å². The second kappa shape index (κ2) is 10.7. The van der Waals surface area contributed by atoms with E-state index >= 15 is 0 Å². The highest BCUT2D eigenvalue weighted by atomic mass is 32.2. The van der Waals surface area contributed by atoms with Crippen molar-refractivity contribution in [2.45, 2.75) is 25.0 Å². The summed E-state index contributed by atoms with van der Waals surface area (Å²) in [4.78, 5) is 9.36. The lowest BCUT2D eigenvalue weighted by molar-refractivity contribution is 0.255. The van der Waals surface area contributed by atoms with Crippen LogP contribution in [0.3, 0.4) is 0 Å². The molecule has 1 aromatic rings. The second-order valence-electron chi connectivity index (χ2n) is 7.33. The summed E-state index contributed by atoms with van der Waals surface area (Å²) in [6.45, 7) is 12.0. The highest BCUT2D eigenvalue weighted by Gasteiger charge is 2.17.